The van der Waals surface area contributed by atoms with Crippen molar-refractivity contribution in [2.45, 2.75) is 12.8 Å². The van der Waals surface area contributed by atoms with E-state index in [2.05, 4.69) is 36.5 Å². The molecule has 0 atom stereocenters. The molecule has 0 unspecified atom stereocenters. The number of benzene rings is 2. The van der Waals surface area contributed by atoms with Gasteiger partial charge in [0.15, 0.2) is 0 Å². The van der Waals surface area contributed by atoms with E-state index in [0.717, 1.165) is 39.2 Å². The summed E-state index contributed by atoms with van der Waals surface area (Å²) >= 11 is 3.51. The monoisotopic (exact) mass is 438 g/mol. The van der Waals surface area contributed by atoms with E-state index in [1.165, 1.54) is 5.56 Å². The van der Waals surface area contributed by atoms with Crippen LogP contribution in [0, 0.1) is 0 Å². The fourth-order valence-corrected chi connectivity index (χ4v) is 3.79. The van der Waals surface area contributed by atoms with Gasteiger partial charge in [0.2, 0.25) is 11.9 Å². The van der Waals surface area contributed by atoms with Gasteiger partial charge in [0.25, 0.3) is 0 Å². The van der Waals surface area contributed by atoms with E-state index in [1.807, 2.05) is 42.5 Å². The van der Waals surface area contributed by atoms with Crippen LogP contribution in [0.2, 0.25) is 0 Å². The maximum absolute atomic E-state index is 12.1. The lowest BCUT2D eigenvalue weighted by Crippen LogP contribution is -2.13. The zero-order valence-corrected chi connectivity index (χ0v) is 16.9. The minimum Gasteiger partial charge on any atom is -0.496 e. The molecule has 28 heavy (non-hydrogen) atoms. The molecule has 2 heterocycles. The molecule has 7 heteroatoms. The van der Waals surface area contributed by atoms with E-state index in [9.17, 15) is 4.79 Å². The largest absolute Gasteiger partial charge is 0.496 e. The number of nitrogens with one attached hydrogen (secondary N) is 2. The lowest BCUT2D eigenvalue weighted by atomic mass is 10.1. The summed E-state index contributed by atoms with van der Waals surface area (Å²) in [6.07, 6.45) is 2.82. The van der Waals surface area contributed by atoms with Crippen molar-refractivity contribution in [3.8, 4) is 17.0 Å². The Labute approximate surface area is 171 Å². The van der Waals surface area contributed by atoms with Crippen LogP contribution in [0.25, 0.3) is 11.3 Å². The van der Waals surface area contributed by atoms with Gasteiger partial charge in [0.1, 0.15) is 5.75 Å². The highest BCUT2D eigenvalue weighted by Crippen LogP contribution is 2.32. The molecule has 1 amide bonds. The molecule has 0 bridgehead atoms. The number of methoxy groups -OCH3 is 1. The van der Waals surface area contributed by atoms with Gasteiger partial charge in [-0.2, -0.15) is 0 Å². The number of hydrogen-bond donors (Lipinski definition) is 2. The Hall–Kier alpha value is -2.93. The van der Waals surface area contributed by atoms with Crippen LogP contribution < -0.4 is 15.4 Å². The molecule has 0 radical (unpaired) electrons. The van der Waals surface area contributed by atoms with Gasteiger partial charge in [0, 0.05) is 23.9 Å². The summed E-state index contributed by atoms with van der Waals surface area (Å²) in [5.41, 5.74) is 4.48. The van der Waals surface area contributed by atoms with E-state index in [0.29, 0.717) is 12.5 Å². The van der Waals surface area contributed by atoms with Gasteiger partial charge in [-0.05, 0) is 46.1 Å². The van der Waals surface area contributed by atoms with Gasteiger partial charge in [-0.1, -0.05) is 24.3 Å². The van der Waals surface area contributed by atoms with Crippen molar-refractivity contribution in [2.24, 2.45) is 0 Å². The third kappa shape index (κ3) is 3.84. The van der Waals surface area contributed by atoms with Gasteiger partial charge >= 0.3 is 0 Å². The van der Waals surface area contributed by atoms with Crippen molar-refractivity contribution in [3.05, 3.63) is 64.3 Å². The highest BCUT2D eigenvalue weighted by Gasteiger charge is 2.20. The molecule has 1 aromatic heterocycles. The second kappa shape index (κ2) is 7.98. The molecule has 3 aromatic rings. The number of fused-ring (bicyclic) bond motifs is 3. The average molecular weight is 439 g/mol. The van der Waals surface area contributed by atoms with E-state index in [1.54, 1.807) is 13.3 Å². The van der Waals surface area contributed by atoms with Crippen LogP contribution in [0.3, 0.4) is 0 Å². The highest BCUT2D eigenvalue weighted by molar-refractivity contribution is 9.10. The third-order valence-electron chi connectivity index (χ3n) is 4.58. The summed E-state index contributed by atoms with van der Waals surface area (Å²) in [6.45, 7) is 0.691. The lowest BCUT2D eigenvalue weighted by molar-refractivity contribution is -0.115. The normalized spacial score (nSPS) is 12.4. The first-order chi connectivity index (χ1) is 13.6. The summed E-state index contributed by atoms with van der Waals surface area (Å²) in [4.78, 5) is 21.2. The van der Waals surface area contributed by atoms with Gasteiger partial charge in [-0.25, -0.2) is 9.97 Å². The van der Waals surface area contributed by atoms with Crippen LogP contribution in [0.1, 0.15) is 11.1 Å². The molecule has 1 aliphatic heterocycles. The highest BCUT2D eigenvalue weighted by atomic mass is 79.9. The maximum atomic E-state index is 12.1. The maximum Gasteiger partial charge on any atom is 0.228 e. The van der Waals surface area contributed by atoms with Crippen LogP contribution in [-0.2, 0) is 17.6 Å². The van der Waals surface area contributed by atoms with Crippen LogP contribution in [-0.4, -0.2) is 29.5 Å². The first-order valence-electron chi connectivity index (χ1n) is 8.95. The Bertz CT molecular complexity index is 1040. The van der Waals surface area contributed by atoms with Crippen molar-refractivity contribution in [1.82, 2.24) is 9.97 Å². The molecule has 142 valence electrons. The number of ether oxygens (including phenoxy) is 1. The summed E-state index contributed by atoms with van der Waals surface area (Å²) in [5.74, 6) is 1.31. The van der Waals surface area contributed by atoms with Crippen LogP contribution >= 0.6 is 15.9 Å². The molecule has 2 aromatic carbocycles. The quantitative estimate of drug-likeness (QED) is 0.627. The zero-order valence-electron chi connectivity index (χ0n) is 15.3. The van der Waals surface area contributed by atoms with Gasteiger partial charge in [-0.15, -0.1) is 0 Å². The molecule has 1 aliphatic rings. The second-order valence-electron chi connectivity index (χ2n) is 6.48. The van der Waals surface area contributed by atoms with Crippen molar-refractivity contribution < 1.29 is 9.53 Å². The van der Waals surface area contributed by atoms with Gasteiger partial charge in [0.05, 0.1) is 29.4 Å². The summed E-state index contributed by atoms with van der Waals surface area (Å²) in [7, 11) is 1.65. The first-order valence-corrected chi connectivity index (χ1v) is 9.75. The number of nitrogens with zero attached hydrogens (tertiary/aromatic N) is 2. The predicted octanol–water partition coefficient (Wildman–Crippen LogP) is 4.06. The Kier molecular flexibility index (Phi) is 5.25. The lowest BCUT2D eigenvalue weighted by Gasteiger charge is -2.11. The van der Waals surface area contributed by atoms with Crippen molar-refractivity contribution in [3.63, 3.8) is 0 Å². The number of hydrogen-bond acceptors (Lipinski definition) is 5. The molecule has 0 aliphatic carbocycles. The number of aromatic nitrogens is 2. The van der Waals surface area contributed by atoms with E-state index in [4.69, 9.17) is 4.74 Å². The fourth-order valence-electron chi connectivity index (χ4n) is 3.20. The predicted molar refractivity (Wildman–Crippen MR) is 113 cm³/mol. The summed E-state index contributed by atoms with van der Waals surface area (Å²) < 4.78 is 6.19. The smallest absolute Gasteiger partial charge is 0.228 e. The van der Waals surface area contributed by atoms with Crippen molar-refractivity contribution >= 4 is 33.5 Å². The zero-order chi connectivity index (χ0) is 19.5. The van der Waals surface area contributed by atoms with Crippen LogP contribution in [0.15, 0.2) is 53.1 Å². The van der Waals surface area contributed by atoms with Crippen LogP contribution in [0.5, 0.6) is 5.75 Å². The SMILES string of the molecule is COc1ccc(CCNc2ncc3c(n2)-c2ccccc2NC(=O)C3)cc1Br. The molecule has 6 nitrogen and oxygen atoms in total. The number of rotatable bonds is 5. The molecular formula is C21H19BrN4O2. The van der Waals surface area contributed by atoms with E-state index in [-0.39, 0.29) is 12.3 Å². The molecular weight excluding hydrogens is 420 g/mol. The molecule has 2 N–H and O–H groups in total. The van der Waals surface area contributed by atoms with Gasteiger partial charge in [-0.3, -0.25) is 4.79 Å². The Morgan fingerprint density at radius 2 is 2.11 bits per heavy atom. The molecule has 0 saturated carbocycles. The average Bonchev–Trinajstić information content (AvgIpc) is 2.83. The number of carbonyl (C=O) groups excluding carboxylic acids is 1. The summed E-state index contributed by atoms with van der Waals surface area (Å²) in [6, 6.07) is 13.7. The topological polar surface area (TPSA) is 76.1 Å². The minimum atomic E-state index is -0.0550. The molecule has 0 saturated heterocycles. The Balaban J connectivity index is 1.51. The Morgan fingerprint density at radius 3 is 2.93 bits per heavy atom. The van der Waals surface area contributed by atoms with Gasteiger partial charge < -0.3 is 15.4 Å². The standard InChI is InChI=1S/C21H19BrN4O2/c1-28-18-7-6-13(10-16(18)22)8-9-23-21-24-12-14-11-19(27)25-17-5-3-2-4-15(17)20(14)26-21/h2-7,10,12H,8-9,11H2,1H3,(H,25,27)(H,23,24,26). The molecule has 4 rings (SSSR count). The Morgan fingerprint density at radius 1 is 1.25 bits per heavy atom. The first kappa shape index (κ1) is 18.4. The van der Waals surface area contributed by atoms with Crippen molar-refractivity contribution in [1.29, 1.82) is 0 Å². The van der Waals surface area contributed by atoms with E-state index < -0.39 is 0 Å². The number of carbonyl (C=O) groups is 1. The van der Waals surface area contributed by atoms with Crippen LogP contribution in [0.4, 0.5) is 11.6 Å². The number of halogens is 1. The molecule has 0 fully saturated rings. The minimum absolute atomic E-state index is 0.0550. The number of anilines is 2. The third-order valence-corrected chi connectivity index (χ3v) is 5.20. The fraction of sp³-hybridized carbons (Fsp3) is 0.190. The van der Waals surface area contributed by atoms with Crippen molar-refractivity contribution in [2.75, 3.05) is 24.3 Å². The number of para-hydroxylation sites is 1. The van der Waals surface area contributed by atoms with E-state index >= 15 is 0 Å². The molecule has 0 spiro atoms. The second-order valence-corrected chi connectivity index (χ2v) is 7.34. The number of amides is 1. The summed E-state index contributed by atoms with van der Waals surface area (Å²) in [5, 5.41) is 6.21.